The summed E-state index contributed by atoms with van der Waals surface area (Å²) in [7, 11) is 0. The molecule has 6 heteroatoms. The number of aliphatic hydroxyl groups excluding tert-OH is 2. The van der Waals surface area contributed by atoms with Crippen molar-refractivity contribution >= 4 is 11.9 Å². The first-order valence-electron chi connectivity index (χ1n) is 31.9. The highest BCUT2D eigenvalue weighted by Gasteiger charge is 2.20. The number of nitrogens with one attached hydrogen (secondary N) is 1. The molecule has 0 saturated heterocycles. The third kappa shape index (κ3) is 55.9. The smallest absolute Gasteiger partial charge is 0.305 e. The minimum Gasteiger partial charge on any atom is -0.466 e. The van der Waals surface area contributed by atoms with E-state index in [-0.39, 0.29) is 18.5 Å². The van der Waals surface area contributed by atoms with Crippen LogP contribution in [0.2, 0.25) is 0 Å². The number of esters is 1. The van der Waals surface area contributed by atoms with E-state index in [4.69, 9.17) is 4.74 Å². The van der Waals surface area contributed by atoms with E-state index in [1.165, 1.54) is 283 Å². The van der Waals surface area contributed by atoms with Crippen LogP contribution >= 0.6 is 0 Å². The van der Waals surface area contributed by atoms with E-state index in [0.29, 0.717) is 25.9 Å². The first kappa shape index (κ1) is 68.6. The zero-order valence-electron chi connectivity index (χ0n) is 47.5. The van der Waals surface area contributed by atoms with Crippen LogP contribution in [0.1, 0.15) is 361 Å². The standard InChI is InChI=1S/C64H125NO5/c1-3-5-7-9-11-13-15-16-30-34-38-42-46-50-54-58-64(69)70-59-55-51-47-43-39-35-32-29-27-25-23-21-19-17-18-20-22-24-26-28-31-33-37-41-45-49-53-57-63(68)65-61(60-66)62(67)56-52-48-44-40-36-14-12-10-8-6-4-2/h16,30,61-62,66-67H,3-15,17-29,31-60H2,1-2H3,(H,65,68)/b30-16-. The molecule has 0 fully saturated rings. The van der Waals surface area contributed by atoms with Gasteiger partial charge in [0.1, 0.15) is 0 Å². The molecular weight excluding hydrogens is 863 g/mol. The van der Waals surface area contributed by atoms with Crippen molar-refractivity contribution in [2.75, 3.05) is 13.2 Å². The van der Waals surface area contributed by atoms with Crippen molar-refractivity contribution in [2.24, 2.45) is 0 Å². The summed E-state index contributed by atoms with van der Waals surface area (Å²) in [6.45, 7) is 4.96. The zero-order chi connectivity index (χ0) is 50.7. The molecule has 0 aromatic heterocycles. The van der Waals surface area contributed by atoms with Gasteiger partial charge < -0.3 is 20.3 Å². The van der Waals surface area contributed by atoms with E-state index >= 15 is 0 Å². The van der Waals surface area contributed by atoms with E-state index in [1.807, 2.05) is 0 Å². The predicted octanol–water partition coefficient (Wildman–Crippen LogP) is 20.0. The van der Waals surface area contributed by atoms with Gasteiger partial charge in [-0.3, -0.25) is 9.59 Å². The molecule has 0 aliphatic rings. The highest BCUT2D eigenvalue weighted by Crippen LogP contribution is 2.18. The lowest BCUT2D eigenvalue weighted by molar-refractivity contribution is -0.143. The van der Waals surface area contributed by atoms with E-state index in [9.17, 15) is 19.8 Å². The van der Waals surface area contributed by atoms with E-state index in [1.54, 1.807) is 0 Å². The van der Waals surface area contributed by atoms with Crippen LogP contribution in [0.5, 0.6) is 0 Å². The summed E-state index contributed by atoms with van der Waals surface area (Å²) < 4.78 is 5.49. The maximum absolute atomic E-state index is 12.4. The van der Waals surface area contributed by atoms with E-state index in [2.05, 4.69) is 31.3 Å². The van der Waals surface area contributed by atoms with Gasteiger partial charge in [0.25, 0.3) is 0 Å². The lowest BCUT2D eigenvalue weighted by Gasteiger charge is -2.22. The average molecular weight is 989 g/mol. The number of hydrogen-bond acceptors (Lipinski definition) is 5. The Morgan fingerprint density at radius 1 is 0.386 bits per heavy atom. The Labute approximate surface area is 438 Å². The highest BCUT2D eigenvalue weighted by molar-refractivity contribution is 5.76. The lowest BCUT2D eigenvalue weighted by Crippen LogP contribution is -2.45. The van der Waals surface area contributed by atoms with Crippen molar-refractivity contribution in [3.8, 4) is 0 Å². The monoisotopic (exact) mass is 988 g/mol. The van der Waals surface area contributed by atoms with Gasteiger partial charge in [-0.2, -0.15) is 0 Å². The van der Waals surface area contributed by atoms with Crippen LogP contribution < -0.4 is 5.32 Å². The largest absolute Gasteiger partial charge is 0.466 e. The highest BCUT2D eigenvalue weighted by atomic mass is 16.5. The van der Waals surface area contributed by atoms with Crippen LogP contribution in [0.4, 0.5) is 0 Å². The zero-order valence-corrected chi connectivity index (χ0v) is 47.5. The lowest BCUT2D eigenvalue weighted by atomic mass is 10.0. The van der Waals surface area contributed by atoms with Gasteiger partial charge in [-0.1, -0.05) is 309 Å². The summed E-state index contributed by atoms with van der Waals surface area (Å²) >= 11 is 0. The van der Waals surface area contributed by atoms with Gasteiger partial charge >= 0.3 is 5.97 Å². The van der Waals surface area contributed by atoms with E-state index in [0.717, 1.165) is 44.9 Å². The molecule has 0 bridgehead atoms. The Hall–Kier alpha value is -1.40. The van der Waals surface area contributed by atoms with Gasteiger partial charge in [0, 0.05) is 12.8 Å². The van der Waals surface area contributed by atoms with Gasteiger partial charge in [-0.15, -0.1) is 0 Å². The summed E-state index contributed by atoms with van der Waals surface area (Å²) in [6, 6.07) is -0.537. The quantitative estimate of drug-likeness (QED) is 0.0321. The molecule has 3 N–H and O–H groups in total. The molecule has 0 aliphatic carbocycles. The maximum atomic E-state index is 12.4. The average Bonchev–Trinajstić information content (AvgIpc) is 3.36. The number of carbonyl (C=O) groups is 2. The van der Waals surface area contributed by atoms with Crippen molar-refractivity contribution in [1.82, 2.24) is 5.32 Å². The minimum absolute atomic E-state index is 0.0107. The molecule has 2 atom stereocenters. The number of unbranched alkanes of at least 4 members (excludes halogenated alkanes) is 47. The van der Waals surface area contributed by atoms with Crippen molar-refractivity contribution in [3.05, 3.63) is 12.2 Å². The third-order valence-corrected chi connectivity index (χ3v) is 15.1. The molecule has 6 nitrogen and oxygen atoms in total. The van der Waals surface area contributed by atoms with Crippen LogP contribution in [-0.4, -0.2) is 47.4 Å². The van der Waals surface area contributed by atoms with Crippen LogP contribution in [-0.2, 0) is 14.3 Å². The molecule has 0 aromatic carbocycles. The summed E-state index contributed by atoms with van der Waals surface area (Å²) in [5, 5.41) is 23.2. The van der Waals surface area contributed by atoms with Crippen LogP contribution in [0.25, 0.3) is 0 Å². The number of amides is 1. The SMILES string of the molecule is CCCCCCCC/C=C\CCCCCCCC(=O)OCCCCCCCCCCCCCCCCCCCCCCCCCCCCCC(=O)NC(CO)C(O)CCCCCCCCCCCCC. The third-order valence-electron chi connectivity index (χ3n) is 15.1. The second-order valence-corrected chi connectivity index (χ2v) is 22.1. The van der Waals surface area contributed by atoms with Crippen molar-refractivity contribution < 1.29 is 24.5 Å². The molecular formula is C64H125NO5. The number of allylic oxidation sites excluding steroid dienone is 2. The summed E-state index contributed by atoms with van der Waals surface area (Å²) in [5.41, 5.74) is 0. The normalized spacial score (nSPS) is 12.6. The predicted molar refractivity (Wildman–Crippen MR) is 306 cm³/mol. The second-order valence-electron chi connectivity index (χ2n) is 22.1. The molecule has 1 amide bonds. The molecule has 70 heavy (non-hydrogen) atoms. The minimum atomic E-state index is -0.660. The van der Waals surface area contributed by atoms with Crippen LogP contribution in [0.3, 0.4) is 0 Å². The Morgan fingerprint density at radius 2 is 0.671 bits per heavy atom. The van der Waals surface area contributed by atoms with Crippen molar-refractivity contribution in [1.29, 1.82) is 0 Å². The molecule has 0 rings (SSSR count). The molecule has 416 valence electrons. The number of ether oxygens (including phenoxy) is 1. The first-order valence-corrected chi connectivity index (χ1v) is 31.9. The fraction of sp³-hybridized carbons (Fsp3) is 0.938. The molecule has 0 aromatic rings. The molecule has 0 aliphatic heterocycles. The van der Waals surface area contributed by atoms with Gasteiger partial charge in [0.05, 0.1) is 25.4 Å². The van der Waals surface area contributed by atoms with Gasteiger partial charge in [0.2, 0.25) is 5.91 Å². The summed E-state index contributed by atoms with van der Waals surface area (Å²) in [5.74, 6) is -0.0209. The molecule has 0 spiro atoms. The van der Waals surface area contributed by atoms with Crippen molar-refractivity contribution in [2.45, 2.75) is 373 Å². The molecule has 0 saturated carbocycles. The number of carbonyl (C=O) groups excluding carboxylic acids is 2. The number of aliphatic hydroxyl groups is 2. The first-order chi connectivity index (χ1) is 34.5. The molecule has 0 heterocycles. The summed E-state index contributed by atoms with van der Waals surface area (Å²) in [4.78, 5) is 24.5. The van der Waals surface area contributed by atoms with Crippen molar-refractivity contribution in [3.63, 3.8) is 0 Å². The van der Waals surface area contributed by atoms with Gasteiger partial charge in [-0.25, -0.2) is 0 Å². The Bertz CT molecular complexity index is 1050. The van der Waals surface area contributed by atoms with E-state index < -0.39 is 12.1 Å². The Morgan fingerprint density at radius 3 is 1.01 bits per heavy atom. The summed E-state index contributed by atoms with van der Waals surface area (Å²) in [6.07, 6.45) is 72.4. The maximum Gasteiger partial charge on any atom is 0.305 e. The van der Waals surface area contributed by atoms with Gasteiger partial charge in [-0.05, 0) is 51.4 Å². The Kier molecular flexibility index (Phi) is 59.0. The molecule has 0 radical (unpaired) electrons. The second kappa shape index (κ2) is 60.2. The number of rotatable bonds is 60. The van der Waals surface area contributed by atoms with Gasteiger partial charge in [0.15, 0.2) is 0 Å². The number of hydrogen-bond donors (Lipinski definition) is 3. The fourth-order valence-electron chi connectivity index (χ4n) is 10.2. The van der Waals surface area contributed by atoms with Crippen LogP contribution in [0, 0.1) is 0 Å². The van der Waals surface area contributed by atoms with Crippen LogP contribution in [0.15, 0.2) is 12.2 Å². The molecule has 2 unspecified atom stereocenters. The topological polar surface area (TPSA) is 95.9 Å². The Balaban J connectivity index is 3.32. The fourth-order valence-corrected chi connectivity index (χ4v) is 10.2.